The molecule has 6 nitrogen and oxygen atoms in total. The summed E-state index contributed by atoms with van der Waals surface area (Å²) in [6.45, 7) is 5.12. The third kappa shape index (κ3) is 2.97. The van der Waals surface area contributed by atoms with Gasteiger partial charge >= 0.3 is 0 Å². The highest BCUT2D eigenvalue weighted by Crippen LogP contribution is 2.27. The predicted octanol–water partition coefficient (Wildman–Crippen LogP) is 2.76. The second-order valence-electron chi connectivity index (χ2n) is 6.20. The summed E-state index contributed by atoms with van der Waals surface area (Å²) in [5, 5.41) is 8.60. The van der Waals surface area contributed by atoms with E-state index in [1.165, 1.54) is 5.56 Å². The summed E-state index contributed by atoms with van der Waals surface area (Å²) in [6.07, 6.45) is 3.35. The van der Waals surface area contributed by atoms with Crippen molar-refractivity contribution in [2.75, 3.05) is 19.0 Å². The lowest BCUT2D eigenvalue weighted by atomic mass is 9.84. The number of fused-ring (bicyclic) bond motifs is 1. The van der Waals surface area contributed by atoms with Crippen molar-refractivity contribution in [3.63, 3.8) is 0 Å². The summed E-state index contributed by atoms with van der Waals surface area (Å²) < 4.78 is 7.07. The van der Waals surface area contributed by atoms with Crippen LogP contribution in [0.25, 0.3) is 11.0 Å². The maximum Gasteiger partial charge on any atom is 0.163 e. The quantitative estimate of drug-likeness (QED) is 0.785. The standard InChI is InChI=1S/C17H21N5O/c1-17(2,12-6-5-7-13(8-12)23-4)10-18-15-14-9-21-22(3)16(14)20-11-19-15/h5-9,11H,10H2,1-4H3,(H,18,19,20). The molecule has 0 bridgehead atoms. The molecule has 2 heterocycles. The number of rotatable bonds is 5. The molecule has 1 N–H and O–H groups in total. The van der Waals surface area contributed by atoms with E-state index < -0.39 is 0 Å². The molecule has 1 aromatic carbocycles. The normalized spacial score (nSPS) is 11.7. The number of hydrogen-bond donors (Lipinski definition) is 1. The molecule has 6 heteroatoms. The Morgan fingerprint density at radius 3 is 2.87 bits per heavy atom. The Hall–Kier alpha value is -2.63. The third-order valence-corrected chi connectivity index (χ3v) is 4.08. The Balaban J connectivity index is 1.83. The Bertz CT molecular complexity index is 825. The average molecular weight is 311 g/mol. The van der Waals surface area contributed by atoms with Crippen molar-refractivity contribution in [2.45, 2.75) is 19.3 Å². The van der Waals surface area contributed by atoms with Crippen LogP contribution in [0.3, 0.4) is 0 Å². The molecule has 2 aromatic heterocycles. The molecule has 0 amide bonds. The summed E-state index contributed by atoms with van der Waals surface area (Å²) in [6, 6.07) is 8.15. The van der Waals surface area contributed by atoms with Crippen LogP contribution < -0.4 is 10.1 Å². The van der Waals surface area contributed by atoms with Gasteiger partial charge in [0.25, 0.3) is 0 Å². The molecular formula is C17H21N5O. The first-order chi connectivity index (χ1) is 11.0. The van der Waals surface area contributed by atoms with E-state index in [2.05, 4.69) is 46.4 Å². The molecule has 0 saturated heterocycles. The third-order valence-electron chi connectivity index (χ3n) is 4.08. The number of methoxy groups -OCH3 is 1. The zero-order chi connectivity index (χ0) is 16.4. The number of benzene rings is 1. The zero-order valence-electron chi connectivity index (χ0n) is 13.9. The summed E-state index contributed by atoms with van der Waals surface area (Å²) in [5.74, 6) is 1.67. The lowest BCUT2D eigenvalue weighted by Gasteiger charge is -2.26. The maximum atomic E-state index is 5.32. The number of nitrogens with zero attached hydrogens (tertiary/aromatic N) is 4. The highest BCUT2D eigenvalue weighted by atomic mass is 16.5. The molecule has 0 fully saturated rings. The van der Waals surface area contributed by atoms with E-state index >= 15 is 0 Å². The molecule has 3 rings (SSSR count). The van der Waals surface area contributed by atoms with Gasteiger partial charge in [-0.25, -0.2) is 9.97 Å². The van der Waals surface area contributed by atoms with Gasteiger partial charge in [-0.2, -0.15) is 5.10 Å². The fourth-order valence-corrected chi connectivity index (χ4v) is 2.55. The number of aromatic nitrogens is 4. The summed E-state index contributed by atoms with van der Waals surface area (Å²) >= 11 is 0. The average Bonchev–Trinajstić information content (AvgIpc) is 2.95. The second kappa shape index (κ2) is 5.87. The van der Waals surface area contributed by atoms with Crippen molar-refractivity contribution >= 4 is 16.9 Å². The van der Waals surface area contributed by atoms with Crippen LogP contribution in [0.2, 0.25) is 0 Å². The van der Waals surface area contributed by atoms with Gasteiger partial charge in [0.2, 0.25) is 0 Å². The smallest absolute Gasteiger partial charge is 0.163 e. The Labute approximate surface area is 135 Å². The fourth-order valence-electron chi connectivity index (χ4n) is 2.55. The van der Waals surface area contributed by atoms with Crippen molar-refractivity contribution in [1.82, 2.24) is 19.7 Å². The maximum absolute atomic E-state index is 5.32. The van der Waals surface area contributed by atoms with Gasteiger partial charge in [-0.1, -0.05) is 26.0 Å². The Kier molecular flexibility index (Phi) is 3.90. The molecule has 120 valence electrons. The van der Waals surface area contributed by atoms with Crippen LogP contribution in [-0.2, 0) is 12.5 Å². The molecule has 0 atom stereocenters. The van der Waals surface area contributed by atoms with E-state index in [0.29, 0.717) is 0 Å². The minimum absolute atomic E-state index is 0.0754. The molecule has 0 aliphatic carbocycles. The fraction of sp³-hybridized carbons (Fsp3) is 0.353. The molecule has 3 aromatic rings. The number of hydrogen-bond acceptors (Lipinski definition) is 5. The van der Waals surface area contributed by atoms with Gasteiger partial charge in [0, 0.05) is 19.0 Å². The molecular weight excluding hydrogens is 290 g/mol. The van der Waals surface area contributed by atoms with Crippen LogP contribution in [0, 0.1) is 0 Å². The minimum atomic E-state index is -0.0754. The van der Waals surface area contributed by atoms with Crippen LogP contribution in [-0.4, -0.2) is 33.4 Å². The molecule has 0 unspecified atom stereocenters. The molecule has 0 aliphatic rings. The SMILES string of the molecule is COc1cccc(C(C)(C)CNc2ncnc3c2cnn3C)c1. The first kappa shape index (κ1) is 15.3. The van der Waals surface area contributed by atoms with Crippen LogP contribution in [0.4, 0.5) is 5.82 Å². The Morgan fingerprint density at radius 1 is 1.26 bits per heavy atom. The van der Waals surface area contributed by atoms with Crippen molar-refractivity contribution in [1.29, 1.82) is 0 Å². The van der Waals surface area contributed by atoms with Gasteiger partial charge in [0.1, 0.15) is 17.9 Å². The Morgan fingerprint density at radius 2 is 2.09 bits per heavy atom. The van der Waals surface area contributed by atoms with Crippen LogP contribution in [0.15, 0.2) is 36.8 Å². The molecule has 0 saturated carbocycles. The highest BCUT2D eigenvalue weighted by Gasteiger charge is 2.22. The number of nitrogens with one attached hydrogen (secondary N) is 1. The van der Waals surface area contributed by atoms with E-state index in [1.807, 2.05) is 19.2 Å². The van der Waals surface area contributed by atoms with E-state index in [9.17, 15) is 0 Å². The monoisotopic (exact) mass is 311 g/mol. The van der Waals surface area contributed by atoms with Crippen molar-refractivity contribution < 1.29 is 4.74 Å². The molecule has 23 heavy (non-hydrogen) atoms. The first-order valence-corrected chi connectivity index (χ1v) is 7.52. The van der Waals surface area contributed by atoms with Crippen molar-refractivity contribution in [3.05, 3.63) is 42.4 Å². The number of aryl methyl sites for hydroxylation is 1. The van der Waals surface area contributed by atoms with E-state index in [-0.39, 0.29) is 5.41 Å². The summed E-state index contributed by atoms with van der Waals surface area (Å²) in [4.78, 5) is 8.61. The predicted molar refractivity (Wildman–Crippen MR) is 90.8 cm³/mol. The molecule has 0 radical (unpaired) electrons. The minimum Gasteiger partial charge on any atom is -0.497 e. The second-order valence-corrected chi connectivity index (χ2v) is 6.20. The zero-order valence-corrected chi connectivity index (χ0v) is 13.9. The number of ether oxygens (including phenoxy) is 1. The molecule has 0 aliphatic heterocycles. The van der Waals surface area contributed by atoms with Crippen LogP contribution in [0.5, 0.6) is 5.75 Å². The summed E-state index contributed by atoms with van der Waals surface area (Å²) in [5.41, 5.74) is 1.95. The van der Waals surface area contributed by atoms with E-state index in [1.54, 1.807) is 24.3 Å². The van der Waals surface area contributed by atoms with Gasteiger partial charge in [-0.05, 0) is 17.7 Å². The molecule has 0 spiro atoms. The van der Waals surface area contributed by atoms with Gasteiger partial charge in [0.15, 0.2) is 5.65 Å². The lowest BCUT2D eigenvalue weighted by molar-refractivity contribution is 0.412. The first-order valence-electron chi connectivity index (χ1n) is 7.52. The largest absolute Gasteiger partial charge is 0.497 e. The lowest BCUT2D eigenvalue weighted by Crippen LogP contribution is -2.28. The van der Waals surface area contributed by atoms with Crippen LogP contribution in [0.1, 0.15) is 19.4 Å². The highest BCUT2D eigenvalue weighted by molar-refractivity contribution is 5.85. The summed E-state index contributed by atoms with van der Waals surface area (Å²) in [7, 11) is 3.56. The number of anilines is 1. The van der Waals surface area contributed by atoms with Gasteiger partial charge in [-0.3, -0.25) is 4.68 Å². The van der Waals surface area contributed by atoms with E-state index in [4.69, 9.17) is 4.74 Å². The van der Waals surface area contributed by atoms with Crippen LogP contribution >= 0.6 is 0 Å². The van der Waals surface area contributed by atoms with Gasteiger partial charge < -0.3 is 10.1 Å². The van der Waals surface area contributed by atoms with Gasteiger partial charge in [-0.15, -0.1) is 0 Å². The van der Waals surface area contributed by atoms with Gasteiger partial charge in [0.05, 0.1) is 18.7 Å². The van der Waals surface area contributed by atoms with Crippen molar-refractivity contribution in [2.24, 2.45) is 7.05 Å². The van der Waals surface area contributed by atoms with Crippen molar-refractivity contribution in [3.8, 4) is 5.75 Å². The van der Waals surface area contributed by atoms with E-state index in [0.717, 1.165) is 29.1 Å². The topological polar surface area (TPSA) is 64.9 Å².